The van der Waals surface area contributed by atoms with Crippen molar-refractivity contribution in [1.29, 1.82) is 0 Å². The molecule has 1 aromatic rings. The van der Waals surface area contributed by atoms with Crippen LogP contribution in [0.1, 0.15) is 85.3 Å². The van der Waals surface area contributed by atoms with Gasteiger partial charge in [-0.25, -0.2) is 4.79 Å². The third-order valence-electron chi connectivity index (χ3n) is 11.4. The lowest BCUT2D eigenvalue weighted by atomic mass is 9.37. The Morgan fingerprint density at radius 2 is 1.88 bits per heavy atom. The Balaban J connectivity index is 1.61. The molecular weight excluding hydrogens is 512 g/mol. The standard InChI is InChI=1S/C32H42O8/c1-8-17(2)29(36)40-28-20-13-19-21(32(6,26(20)35)23(30(28,3)4)15-24(33)37-7)9-11-31(5)22(19)14-25(34)39-27(31)18-10-12-38-16-18/h8,10,12,16,19-23,27-28H,9,11,13-15H2,1-7H3/b17-8+/t19?,20-,21+,22+,23+,27+,28-,31-,32-/m1/s1. The summed E-state index contributed by atoms with van der Waals surface area (Å²) in [5, 5.41) is 0. The van der Waals surface area contributed by atoms with Crippen molar-refractivity contribution in [3.63, 3.8) is 0 Å². The first kappa shape index (κ1) is 28.6. The molecule has 8 heteroatoms. The van der Waals surface area contributed by atoms with E-state index in [4.69, 9.17) is 18.6 Å². The predicted molar refractivity (Wildman–Crippen MR) is 144 cm³/mol. The maximum Gasteiger partial charge on any atom is 0.333 e. The van der Waals surface area contributed by atoms with Crippen molar-refractivity contribution < 1.29 is 37.8 Å². The average molecular weight is 555 g/mol. The van der Waals surface area contributed by atoms with Crippen molar-refractivity contribution in [2.24, 2.45) is 45.8 Å². The molecule has 3 aliphatic carbocycles. The molecule has 1 aromatic heterocycles. The first-order chi connectivity index (χ1) is 18.8. The minimum Gasteiger partial charge on any atom is -0.472 e. The van der Waals surface area contributed by atoms with E-state index in [1.165, 1.54) is 7.11 Å². The predicted octanol–water partition coefficient (Wildman–Crippen LogP) is 5.61. The number of ether oxygens (including phenoxy) is 3. The molecule has 0 spiro atoms. The fraction of sp³-hybridized carbons (Fsp3) is 0.688. The van der Waals surface area contributed by atoms with Crippen LogP contribution in [0.5, 0.6) is 0 Å². The summed E-state index contributed by atoms with van der Waals surface area (Å²) in [5.41, 5.74) is -0.529. The number of hydrogen-bond acceptors (Lipinski definition) is 8. The summed E-state index contributed by atoms with van der Waals surface area (Å²) in [6.45, 7) is 11.7. The average Bonchev–Trinajstić information content (AvgIpc) is 3.45. The maximum atomic E-state index is 14.5. The number of allylic oxidation sites excluding steroid dienone is 1. The largest absolute Gasteiger partial charge is 0.472 e. The van der Waals surface area contributed by atoms with Crippen LogP contribution >= 0.6 is 0 Å². The number of fused-ring (bicyclic) bond motifs is 6. The van der Waals surface area contributed by atoms with Crippen LogP contribution in [0.2, 0.25) is 0 Å². The Labute approximate surface area is 236 Å². The number of cyclic esters (lactones) is 1. The van der Waals surface area contributed by atoms with Crippen molar-refractivity contribution >= 4 is 23.7 Å². The summed E-state index contributed by atoms with van der Waals surface area (Å²) in [4.78, 5) is 53.4. The second-order valence-corrected chi connectivity index (χ2v) is 13.5. The minimum absolute atomic E-state index is 0.0203. The van der Waals surface area contributed by atoms with E-state index in [-0.39, 0.29) is 53.7 Å². The van der Waals surface area contributed by atoms with E-state index in [9.17, 15) is 19.2 Å². The Bertz CT molecular complexity index is 1230. The highest BCUT2D eigenvalue weighted by atomic mass is 16.6. The topological polar surface area (TPSA) is 109 Å². The lowest BCUT2D eigenvalue weighted by Gasteiger charge is -2.66. The molecule has 218 valence electrons. The Morgan fingerprint density at radius 3 is 2.50 bits per heavy atom. The first-order valence-corrected chi connectivity index (χ1v) is 14.5. The zero-order valence-electron chi connectivity index (χ0n) is 24.7. The van der Waals surface area contributed by atoms with Crippen molar-refractivity contribution in [2.75, 3.05) is 7.11 Å². The Kier molecular flexibility index (Phi) is 7.07. The molecule has 4 aliphatic rings. The van der Waals surface area contributed by atoms with Gasteiger partial charge in [0.25, 0.3) is 0 Å². The van der Waals surface area contributed by atoms with Crippen LogP contribution in [0, 0.1) is 45.8 Å². The van der Waals surface area contributed by atoms with Crippen LogP contribution in [0.15, 0.2) is 34.7 Å². The third kappa shape index (κ3) is 4.07. The van der Waals surface area contributed by atoms with Gasteiger partial charge in [-0.3, -0.25) is 14.4 Å². The molecule has 3 saturated carbocycles. The van der Waals surface area contributed by atoms with Gasteiger partial charge >= 0.3 is 17.9 Å². The molecule has 0 amide bonds. The smallest absolute Gasteiger partial charge is 0.333 e. The number of carbonyl (C=O) groups is 4. The van der Waals surface area contributed by atoms with Crippen LogP contribution in [0.4, 0.5) is 0 Å². The first-order valence-electron chi connectivity index (χ1n) is 14.5. The molecule has 0 radical (unpaired) electrons. The van der Waals surface area contributed by atoms with E-state index in [0.29, 0.717) is 12.0 Å². The third-order valence-corrected chi connectivity index (χ3v) is 11.4. The summed E-state index contributed by atoms with van der Waals surface area (Å²) in [5.74, 6) is -1.99. The van der Waals surface area contributed by atoms with Gasteiger partial charge < -0.3 is 18.6 Å². The van der Waals surface area contributed by atoms with Crippen molar-refractivity contribution in [1.82, 2.24) is 0 Å². The van der Waals surface area contributed by atoms with Gasteiger partial charge in [0.15, 0.2) is 0 Å². The van der Waals surface area contributed by atoms with Crippen molar-refractivity contribution in [2.45, 2.75) is 85.9 Å². The minimum atomic E-state index is -0.836. The van der Waals surface area contributed by atoms with Crippen molar-refractivity contribution in [3.05, 3.63) is 35.8 Å². The molecule has 2 heterocycles. The molecule has 9 atom stereocenters. The fourth-order valence-corrected chi connectivity index (χ4v) is 9.23. The zero-order chi connectivity index (χ0) is 29.2. The van der Waals surface area contributed by atoms with E-state index in [1.807, 2.05) is 26.8 Å². The summed E-state index contributed by atoms with van der Waals surface area (Å²) < 4.78 is 22.6. The van der Waals surface area contributed by atoms with Crippen LogP contribution in [-0.2, 0) is 33.4 Å². The van der Waals surface area contributed by atoms with Gasteiger partial charge in [-0.2, -0.15) is 0 Å². The SMILES string of the molecule is C/C=C(\C)C(=O)O[C@@H]1[C@@H]2CC3[C@@H]4CC(=O)O[C@@H](c5ccoc5)[C@]4(C)CC[C@@H]3[C@@](C)(C2=O)[C@@H](CC(=O)OC)C1(C)C. The maximum absolute atomic E-state index is 14.5. The number of carbonyl (C=O) groups excluding carboxylic acids is 4. The highest BCUT2D eigenvalue weighted by Crippen LogP contribution is 2.70. The fourth-order valence-electron chi connectivity index (χ4n) is 9.23. The van der Waals surface area contributed by atoms with Gasteiger partial charge in [0, 0.05) is 40.2 Å². The summed E-state index contributed by atoms with van der Waals surface area (Å²) >= 11 is 0. The Morgan fingerprint density at radius 1 is 1.15 bits per heavy atom. The highest BCUT2D eigenvalue weighted by molar-refractivity contribution is 5.92. The molecule has 1 unspecified atom stereocenters. The van der Waals surface area contributed by atoms with Gasteiger partial charge in [0.2, 0.25) is 0 Å². The normalized spacial score (nSPS) is 40.4. The Hall–Kier alpha value is -2.90. The number of hydrogen-bond donors (Lipinski definition) is 0. The molecule has 1 saturated heterocycles. The molecule has 40 heavy (non-hydrogen) atoms. The van der Waals surface area contributed by atoms with Gasteiger partial charge in [-0.15, -0.1) is 0 Å². The number of methoxy groups -OCH3 is 1. The van der Waals surface area contributed by atoms with Crippen LogP contribution in [0.3, 0.4) is 0 Å². The second kappa shape index (κ2) is 9.88. The summed E-state index contributed by atoms with van der Waals surface area (Å²) in [6, 6.07) is 1.85. The zero-order valence-corrected chi connectivity index (χ0v) is 24.7. The van der Waals surface area contributed by atoms with Gasteiger partial charge in [0.05, 0.1) is 25.6 Å². The van der Waals surface area contributed by atoms with E-state index in [1.54, 1.807) is 32.4 Å². The van der Waals surface area contributed by atoms with E-state index in [0.717, 1.165) is 18.4 Å². The lowest BCUT2D eigenvalue weighted by molar-refractivity contribution is -0.230. The van der Waals surface area contributed by atoms with E-state index >= 15 is 0 Å². The van der Waals surface area contributed by atoms with Crippen molar-refractivity contribution in [3.8, 4) is 0 Å². The summed E-state index contributed by atoms with van der Waals surface area (Å²) in [7, 11) is 1.36. The second-order valence-electron chi connectivity index (χ2n) is 13.5. The van der Waals surface area contributed by atoms with Crippen LogP contribution < -0.4 is 0 Å². The molecular formula is C32H42O8. The molecule has 4 fully saturated rings. The molecule has 0 aromatic carbocycles. The van der Waals surface area contributed by atoms with Crippen LogP contribution in [-0.4, -0.2) is 36.9 Å². The molecule has 2 bridgehead atoms. The van der Waals surface area contributed by atoms with E-state index in [2.05, 4.69) is 6.92 Å². The van der Waals surface area contributed by atoms with Gasteiger partial charge in [0.1, 0.15) is 18.0 Å². The molecule has 0 N–H and O–H groups in total. The number of Topliss-reactive ketones (excluding diaryl/α,β-unsaturated/α-hetero) is 1. The monoisotopic (exact) mass is 554 g/mol. The molecule has 5 rings (SSSR count). The quantitative estimate of drug-likeness (QED) is 0.263. The van der Waals surface area contributed by atoms with E-state index < -0.39 is 40.8 Å². The number of ketones is 1. The van der Waals surface area contributed by atoms with Gasteiger partial charge in [-0.05, 0) is 62.8 Å². The molecule has 8 nitrogen and oxygen atoms in total. The number of rotatable bonds is 5. The highest BCUT2D eigenvalue weighted by Gasteiger charge is 2.71. The summed E-state index contributed by atoms with van der Waals surface area (Å²) in [6.07, 6.45) is 6.21. The van der Waals surface area contributed by atoms with Gasteiger partial charge in [-0.1, -0.05) is 33.8 Å². The lowest BCUT2D eigenvalue weighted by Crippen LogP contribution is -2.69. The number of esters is 3. The molecule has 1 aliphatic heterocycles. The van der Waals surface area contributed by atoms with Crippen LogP contribution in [0.25, 0.3) is 0 Å². The number of furan rings is 1.